The van der Waals surface area contributed by atoms with E-state index >= 15 is 0 Å². The van der Waals surface area contributed by atoms with E-state index in [-0.39, 0.29) is 12.3 Å². The normalized spacial score (nSPS) is 15.9. The summed E-state index contributed by atoms with van der Waals surface area (Å²) in [6.45, 7) is 0. The maximum absolute atomic E-state index is 12.3. The van der Waals surface area contributed by atoms with Crippen LogP contribution in [0.4, 0.5) is 5.69 Å². The second kappa shape index (κ2) is 6.25. The Morgan fingerprint density at radius 2 is 1.78 bits per heavy atom. The van der Waals surface area contributed by atoms with E-state index in [4.69, 9.17) is 9.26 Å². The largest absolute Gasteiger partial charge is 0.478 e. The minimum absolute atomic E-state index is 0.206. The topological polar surface area (TPSA) is 77.2 Å². The fraction of sp³-hybridized carbons (Fsp3) is 0.0952. The standard InChI is InChI=1S/C21H15N3O3/c25-21-18(26-17-11-4-3-10-16(17)22-21)12-19-23-20(24-27-19)15-9-5-7-13-6-1-2-8-14(13)15/h1-11,18H,12H2,(H,22,25). The fourth-order valence-corrected chi connectivity index (χ4v) is 3.25. The molecular formula is C21H15N3O3. The summed E-state index contributed by atoms with van der Waals surface area (Å²) < 4.78 is 11.2. The molecule has 1 atom stereocenters. The molecule has 2 heterocycles. The van der Waals surface area contributed by atoms with E-state index in [1.54, 1.807) is 6.07 Å². The van der Waals surface area contributed by atoms with Gasteiger partial charge in [0.25, 0.3) is 5.91 Å². The molecule has 6 heteroatoms. The summed E-state index contributed by atoms with van der Waals surface area (Å²) in [7, 11) is 0. The average Bonchev–Trinajstić information content (AvgIpc) is 3.16. The van der Waals surface area contributed by atoms with Crippen molar-refractivity contribution >= 4 is 22.4 Å². The number of nitrogens with one attached hydrogen (secondary N) is 1. The molecule has 1 aliphatic heterocycles. The molecular weight excluding hydrogens is 342 g/mol. The van der Waals surface area contributed by atoms with Gasteiger partial charge in [0, 0.05) is 5.56 Å². The van der Waals surface area contributed by atoms with E-state index < -0.39 is 6.10 Å². The highest BCUT2D eigenvalue weighted by molar-refractivity contribution is 5.98. The van der Waals surface area contributed by atoms with Crippen LogP contribution < -0.4 is 10.1 Å². The number of fused-ring (bicyclic) bond motifs is 2. The van der Waals surface area contributed by atoms with Crippen LogP contribution in [0.1, 0.15) is 5.89 Å². The van der Waals surface area contributed by atoms with Crippen LogP contribution >= 0.6 is 0 Å². The number of benzene rings is 3. The summed E-state index contributed by atoms with van der Waals surface area (Å²) in [6.07, 6.45) is -0.501. The zero-order valence-corrected chi connectivity index (χ0v) is 14.3. The van der Waals surface area contributed by atoms with E-state index in [1.165, 1.54) is 0 Å². The molecule has 0 aliphatic carbocycles. The van der Waals surface area contributed by atoms with E-state index in [0.29, 0.717) is 23.2 Å². The molecule has 132 valence electrons. The van der Waals surface area contributed by atoms with Gasteiger partial charge in [-0.05, 0) is 22.9 Å². The van der Waals surface area contributed by atoms with Gasteiger partial charge in [0.1, 0.15) is 5.75 Å². The molecule has 1 N–H and O–H groups in total. The SMILES string of the molecule is O=C1Nc2ccccc2OC1Cc1nc(-c2cccc3ccccc23)no1. The third-order valence-electron chi connectivity index (χ3n) is 4.57. The van der Waals surface area contributed by atoms with Crippen molar-refractivity contribution < 1.29 is 14.1 Å². The number of nitrogens with zero attached hydrogens (tertiary/aromatic N) is 2. The number of carbonyl (C=O) groups excluding carboxylic acids is 1. The van der Waals surface area contributed by atoms with Gasteiger partial charge in [0.15, 0.2) is 6.10 Å². The van der Waals surface area contributed by atoms with Crippen molar-refractivity contribution in [1.82, 2.24) is 10.1 Å². The Labute approximate surface area is 154 Å². The Bertz CT molecular complexity index is 1150. The molecule has 1 aliphatic rings. The zero-order chi connectivity index (χ0) is 18.2. The molecule has 0 spiro atoms. The number of hydrogen-bond acceptors (Lipinski definition) is 5. The minimum atomic E-state index is -0.708. The van der Waals surface area contributed by atoms with Crippen LogP contribution in [0, 0.1) is 0 Å². The first-order valence-electron chi connectivity index (χ1n) is 8.65. The van der Waals surface area contributed by atoms with Gasteiger partial charge in [-0.3, -0.25) is 4.79 Å². The average molecular weight is 357 g/mol. The highest BCUT2D eigenvalue weighted by atomic mass is 16.5. The number of aromatic nitrogens is 2. The maximum atomic E-state index is 12.3. The van der Waals surface area contributed by atoms with Crippen molar-refractivity contribution in [2.75, 3.05) is 5.32 Å². The lowest BCUT2D eigenvalue weighted by atomic mass is 10.0. The van der Waals surface area contributed by atoms with Crippen LogP contribution in [-0.2, 0) is 11.2 Å². The molecule has 0 bridgehead atoms. The molecule has 27 heavy (non-hydrogen) atoms. The molecule has 0 fully saturated rings. The predicted molar refractivity (Wildman–Crippen MR) is 100 cm³/mol. The van der Waals surface area contributed by atoms with Crippen molar-refractivity contribution in [3.63, 3.8) is 0 Å². The van der Waals surface area contributed by atoms with E-state index in [0.717, 1.165) is 16.3 Å². The number of amides is 1. The maximum Gasteiger partial charge on any atom is 0.266 e. The highest BCUT2D eigenvalue weighted by Gasteiger charge is 2.29. The van der Waals surface area contributed by atoms with E-state index in [9.17, 15) is 4.79 Å². The van der Waals surface area contributed by atoms with Gasteiger partial charge in [0.2, 0.25) is 11.7 Å². The molecule has 4 aromatic rings. The van der Waals surface area contributed by atoms with Crippen molar-refractivity contribution in [3.8, 4) is 17.1 Å². The minimum Gasteiger partial charge on any atom is -0.478 e. The lowest BCUT2D eigenvalue weighted by molar-refractivity contribution is -0.123. The van der Waals surface area contributed by atoms with Crippen molar-refractivity contribution in [3.05, 3.63) is 72.6 Å². The second-order valence-corrected chi connectivity index (χ2v) is 6.33. The predicted octanol–water partition coefficient (Wildman–Crippen LogP) is 3.83. The highest BCUT2D eigenvalue weighted by Crippen LogP contribution is 2.30. The summed E-state index contributed by atoms with van der Waals surface area (Å²) in [5.74, 6) is 1.27. The summed E-state index contributed by atoms with van der Waals surface area (Å²) in [5, 5.41) is 9.09. The lowest BCUT2D eigenvalue weighted by Gasteiger charge is -2.24. The Morgan fingerprint density at radius 3 is 2.74 bits per heavy atom. The van der Waals surface area contributed by atoms with Gasteiger partial charge in [-0.15, -0.1) is 0 Å². The molecule has 1 aromatic heterocycles. The van der Waals surface area contributed by atoms with Crippen LogP contribution in [0.25, 0.3) is 22.2 Å². The molecule has 5 rings (SSSR count). The number of ether oxygens (including phenoxy) is 1. The van der Waals surface area contributed by atoms with Crippen LogP contribution in [0.5, 0.6) is 5.75 Å². The monoisotopic (exact) mass is 357 g/mol. The molecule has 3 aromatic carbocycles. The van der Waals surface area contributed by atoms with Crippen molar-refractivity contribution in [2.45, 2.75) is 12.5 Å². The van der Waals surface area contributed by atoms with Gasteiger partial charge in [-0.2, -0.15) is 4.98 Å². The first-order valence-corrected chi connectivity index (χ1v) is 8.65. The Kier molecular flexibility index (Phi) is 3.60. The zero-order valence-electron chi connectivity index (χ0n) is 14.3. The number of para-hydroxylation sites is 2. The van der Waals surface area contributed by atoms with Crippen molar-refractivity contribution in [2.24, 2.45) is 0 Å². The van der Waals surface area contributed by atoms with Crippen LogP contribution in [0.2, 0.25) is 0 Å². The fourth-order valence-electron chi connectivity index (χ4n) is 3.25. The molecule has 6 nitrogen and oxygen atoms in total. The Balaban J connectivity index is 1.42. The molecule has 1 amide bonds. The van der Waals surface area contributed by atoms with Crippen LogP contribution in [-0.4, -0.2) is 22.2 Å². The number of hydrogen-bond donors (Lipinski definition) is 1. The van der Waals surface area contributed by atoms with E-state index in [2.05, 4.69) is 15.5 Å². The smallest absolute Gasteiger partial charge is 0.266 e. The summed E-state index contributed by atoms with van der Waals surface area (Å²) >= 11 is 0. The number of carbonyl (C=O) groups is 1. The summed E-state index contributed by atoms with van der Waals surface area (Å²) in [4.78, 5) is 16.8. The third kappa shape index (κ3) is 2.81. The third-order valence-corrected chi connectivity index (χ3v) is 4.57. The first kappa shape index (κ1) is 15.6. The second-order valence-electron chi connectivity index (χ2n) is 6.33. The van der Waals surface area contributed by atoms with Crippen LogP contribution in [0.15, 0.2) is 71.3 Å². The molecule has 1 unspecified atom stereocenters. The molecule has 0 radical (unpaired) electrons. The first-order chi connectivity index (χ1) is 13.3. The van der Waals surface area contributed by atoms with Gasteiger partial charge in [-0.25, -0.2) is 0 Å². The molecule has 0 saturated heterocycles. The summed E-state index contributed by atoms with van der Waals surface area (Å²) in [6, 6.07) is 21.3. The molecule has 0 saturated carbocycles. The quantitative estimate of drug-likeness (QED) is 0.603. The summed E-state index contributed by atoms with van der Waals surface area (Å²) in [5.41, 5.74) is 1.56. The van der Waals surface area contributed by atoms with E-state index in [1.807, 2.05) is 60.7 Å². The number of rotatable bonds is 3. The van der Waals surface area contributed by atoms with Gasteiger partial charge < -0.3 is 14.6 Å². The van der Waals surface area contributed by atoms with Gasteiger partial charge in [-0.1, -0.05) is 59.8 Å². The Morgan fingerprint density at radius 1 is 0.963 bits per heavy atom. The van der Waals surface area contributed by atoms with Crippen molar-refractivity contribution in [1.29, 1.82) is 0 Å². The van der Waals surface area contributed by atoms with Gasteiger partial charge >= 0.3 is 0 Å². The number of anilines is 1. The Hall–Kier alpha value is -3.67. The van der Waals surface area contributed by atoms with Crippen LogP contribution in [0.3, 0.4) is 0 Å². The van der Waals surface area contributed by atoms with Gasteiger partial charge in [0.05, 0.1) is 12.1 Å². The lowest BCUT2D eigenvalue weighted by Crippen LogP contribution is -2.38.